The van der Waals surface area contributed by atoms with Crippen molar-refractivity contribution in [3.8, 4) is 0 Å². The van der Waals surface area contributed by atoms with E-state index in [4.69, 9.17) is 14.2 Å². The fraction of sp³-hybridized carbons (Fsp3) is 0.643. The molecule has 0 radical (unpaired) electrons. The van der Waals surface area contributed by atoms with E-state index in [-0.39, 0.29) is 18.2 Å². The zero-order valence-corrected chi connectivity index (χ0v) is 11.6. The van der Waals surface area contributed by atoms with Gasteiger partial charge in [-0.1, -0.05) is 17.2 Å². The van der Waals surface area contributed by atoms with Crippen LogP contribution in [-0.4, -0.2) is 38.0 Å². The predicted molar refractivity (Wildman–Crippen MR) is 69.3 cm³/mol. The molecule has 0 amide bonds. The van der Waals surface area contributed by atoms with Crippen molar-refractivity contribution in [2.45, 2.75) is 39.9 Å². The summed E-state index contributed by atoms with van der Waals surface area (Å²) < 4.78 is 16.2. The van der Waals surface area contributed by atoms with E-state index in [1.54, 1.807) is 0 Å². The summed E-state index contributed by atoms with van der Waals surface area (Å²) in [5.74, 6) is -0.332. The van der Waals surface area contributed by atoms with Crippen LogP contribution < -0.4 is 0 Å². The van der Waals surface area contributed by atoms with Crippen molar-refractivity contribution >= 4 is 5.97 Å². The molecule has 1 saturated heterocycles. The lowest BCUT2D eigenvalue weighted by molar-refractivity contribution is -0.147. The fourth-order valence-electron chi connectivity index (χ4n) is 1.54. The highest BCUT2D eigenvalue weighted by molar-refractivity contribution is 5.82. The van der Waals surface area contributed by atoms with Crippen molar-refractivity contribution in [1.82, 2.24) is 0 Å². The fourth-order valence-corrected chi connectivity index (χ4v) is 1.54. The third kappa shape index (κ3) is 5.47. The van der Waals surface area contributed by atoms with Crippen LogP contribution in [0.1, 0.15) is 27.7 Å². The van der Waals surface area contributed by atoms with E-state index in [0.717, 1.165) is 5.57 Å². The van der Waals surface area contributed by atoms with E-state index in [9.17, 15) is 4.79 Å². The second kappa shape index (κ2) is 7.34. The average Bonchev–Trinajstić information content (AvgIpc) is 2.63. The molecule has 0 aromatic heterocycles. The summed E-state index contributed by atoms with van der Waals surface area (Å²) in [4.78, 5) is 11.5. The minimum absolute atomic E-state index is 0.171. The molecule has 4 heteroatoms. The van der Waals surface area contributed by atoms with Gasteiger partial charge in [-0.25, -0.2) is 4.79 Å². The largest absolute Gasteiger partial charge is 0.454 e. The Kier molecular flexibility index (Phi) is 6.09. The van der Waals surface area contributed by atoms with E-state index in [1.807, 2.05) is 33.8 Å². The van der Waals surface area contributed by atoms with Crippen LogP contribution in [0.4, 0.5) is 0 Å². The molecule has 1 aliphatic rings. The second-order valence-corrected chi connectivity index (χ2v) is 4.89. The van der Waals surface area contributed by atoms with Crippen molar-refractivity contribution in [3.63, 3.8) is 0 Å². The Hall–Kier alpha value is -1.13. The zero-order chi connectivity index (χ0) is 13.5. The molecule has 2 unspecified atom stereocenters. The van der Waals surface area contributed by atoms with E-state index >= 15 is 0 Å². The monoisotopic (exact) mass is 254 g/mol. The summed E-state index contributed by atoms with van der Waals surface area (Å²) in [6, 6.07) is 0. The number of hydrogen-bond acceptors (Lipinski definition) is 4. The van der Waals surface area contributed by atoms with Gasteiger partial charge in [-0.05, 0) is 27.7 Å². The van der Waals surface area contributed by atoms with Crippen LogP contribution >= 0.6 is 0 Å². The summed E-state index contributed by atoms with van der Waals surface area (Å²) >= 11 is 0. The summed E-state index contributed by atoms with van der Waals surface area (Å²) in [6.45, 7) is 9.14. The first kappa shape index (κ1) is 14.9. The van der Waals surface area contributed by atoms with Gasteiger partial charge in [0.25, 0.3) is 0 Å². The maximum absolute atomic E-state index is 11.5. The SMILES string of the molecule is CC(C)=CCOC1COCC1OC(=O)C=C(C)C. The van der Waals surface area contributed by atoms with Gasteiger partial charge in [-0.2, -0.15) is 0 Å². The molecule has 2 atom stereocenters. The molecule has 0 saturated carbocycles. The second-order valence-electron chi connectivity index (χ2n) is 4.89. The van der Waals surface area contributed by atoms with Crippen molar-refractivity contribution in [2.75, 3.05) is 19.8 Å². The molecular weight excluding hydrogens is 232 g/mol. The number of carbonyl (C=O) groups is 1. The lowest BCUT2D eigenvalue weighted by Crippen LogP contribution is -2.31. The molecule has 102 valence electrons. The smallest absolute Gasteiger partial charge is 0.331 e. The lowest BCUT2D eigenvalue weighted by atomic mass is 10.2. The highest BCUT2D eigenvalue weighted by Gasteiger charge is 2.31. The molecule has 0 aliphatic carbocycles. The number of hydrogen-bond donors (Lipinski definition) is 0. The van der Waals surface area contributed by atoms with Gasteiger partial charge in [0, 0.05) is 6.08 Å². The summed E-state index contributed by atoms with van der Waals surface area (Å²) in [5.41, 5.74) is 2.12. The molecule has 1 rings (SSSR count). The van der Waals surface area contributed by atoms with E-state index in [0.29, 0.717) is 19.8 Å². The third-order valence-electron chi connectivity index (χ3n) is 2.45. The number of esters is 1. The van der Waals surface area contributed by atoms with Gasteiger partial charge in [0.2, 0.25) is 0 Å². The van der Waals surface area contributed by atoms with Gasteiger partial charge >= 0.3 is 5.97 Å². The average molecular weight is 254 g/mol. The molecule has 1 fully saturated rings. The van der Waals surface area contributed by atoms with Gasteiger partial charge < -0.3 is 14.2 Å². The maximum atomic E-state index is 11.5. The standard InChI is InChI=1S/C14H22O4/c1-10(2)5-6-17-12-8-16-9-13(12)18-14(15)7-11(3)4/h5,7,12-13H,6,8-9H2,1-4H3. The first-order chi connectivity index (χ1) is 8.49. The zero-order valence-electron chi connectivity index (χ0n) is 11.6. The van der Waals surface area contributed by atoms with E-state index in [2.05, 4.69) is 0 Å². The minimum Gasteiger partial charge on any atom is -0.454 e. The maximum Gasteiger partial charge on any atom is 0.331 e. The number of ether oxygens (including phenoxy) is 3. The van der Waals surface area contributed by atoms with Crippen molar-refractivity contribution in [2.24, 2.45) is 0 Å². The summed E-state index contributed by atoms with van der Waals surface area (Å²) in [6.07, 6.45) is 2.99. The highest BCUT2D eigenvalue weighted by atomic mass is 16.6. The van der Waals surface area contributed by atoms with E-state index < -0.39 is 0 Å². The van der Waals surface area contributed by atoms with Gasteiger partial charge in [0.1, 0.15) is 6.10 Å². The lowest BCUT2D eigenvalue weighted by Gasteiger charge is -2.17. The van der Waals surface area contributed by atoms with Gasteiger partial charge in [0.15, 0.2) is 6.10 Å². The Morgan fingerprint density at radius 2 is 1.83 bits per heavy atom. The first-order valence-electron chi connectivity index (χ1n) is 6.17. The molecule has 0 N–H and O–H groups in total. The third-order valence-corrected chi connectivity index (χ3v) is 2.45. The predicted octanol–water partition coefficient (Wildman–Crippen LogP) is 2.25. The molecule has 18 heavy (non-hydrogen) atoms. The number of allylic oxidation sites excluding steroid dienone is 2. The van der Waals surface area contributed by atoms with Gasteiger partial charge in [-0.15, -0.1) is 0 Å². The Morgan fingerprint density at radius 1 is 1.17 bits per heavy atom. The van der Waals surface area contributed by atoms with Crippen LogP contribution in [0.15, 0.2) is 23.3 Å². The van der Waals surface area contributed by atoms with Crippen LogP contribution in [0.2, 0.25) is 0 Å². The molecule has 0 spiro atoms. The molecule has 0 aromatic rings. The number of carbonyl (C=O) groups excluding carboxylic acids is 1. The van der Waals surface area contributed by atoms with Crippen LogP contribution in [0.3, 0.4) is 0 Å². The molecule has 0 aromatic carbocycles. The molecule has 0 bridgehead atoms. The van der Waals surface area contributed by atoms with Crippen molar-refractivity contribution in [1.29, 1.82) is 0 Å². The summed E-state index contributed by atoms with van der Waals surface area (Å²) in [5, 5.41) is 0. The minimum atomic E-state index is -0.332. The van der Waals surface area contributed by atoms with Crippen molar-refractivity contribution in [3.05, 3.63) is 23.3 Å². The topological polar surface area (TPSA) is 44.8 Å². The van der Waals surface area contributed by atoms with E-state index in [1.165, 1.54) is 11.6 Å². The van der Waals surface area contributed by atoms with Gasteiger partial charge in [0.05, 0.1) is 19.8 Å². The summed E-state index contributed by atoms with van der Waals surface area (Å²) in [7, 11) is 0. The van der Waals surface area contributed by atoms with Crippen LogP contribution in [0.5, 0.6) is 0 Å². The Morgan fingerprint density at radius 3 is 2.44 bits per heavy atom. The Bertz CT molecular complexity index is 336. The molecule has 4 nitrogen and oxygen atoms in total. The van der Waals surface area contributed by atoms with Crippen LogP contribution in [-0.2, 0) is 19.0 Å². The van der Waals surface area contributed by atoms with Crippen molar-refractivity contribution < 1.29 is 19.0 Å². The Labute approximate surface area is 109 Å². The highest BCUT2D eigenvalue weighted by Crippen LogP contribution is 2.14. The molecular formula is C14H22O4. The van der Waals surface area contributed by atoms with Gasteiger partial charge in [-0.3, -0.25) is 0 Å². The molecule has 1 aliphatic heterocycles. The Balaban J connectivity index is 2.42. The quantitative estimate of drug-likeness (QED) is 0.429. The first-order valence-corrected chi connectivity index (χ1v) is 6.17. The van der Waals surface area contributed by atoms with Crippen LogP contribution in [0, 0.1) is 0 Å². The normalized spacial score (nSPS) is 22.4. The number of rotatable bonds is 5. The molecule has 1 heterocycles. The van der Waals surface area contributed by atoms with Crippen LogP contribution in [0.25, 0.3) is 0 Å².